The van der Waals surface area contributed by atoms with Gasteiger partial charge in [-0.05, 0) is 6.92 Å². The van der Waals surface area contributed by atoms with Crippen molar-refractivity contribution in [1.82, 2.24) is 0 Å². The zero-order valence-electron chi connectivity index (χ0n) is 31.5. The number of hydrogen-bond donors (Lipinski definition) is 0. The lowest BCUT2D eigenvalue weighted by Crippen LogP contribution is -2.82. The Morgan fingerprint density at radius 2 is 0.342 bits per heavy atom. The van der Waals surface area contributed by atoms with Gasteiger partial charge in [-0.1, -0.05) is 6.58 Å². The van der Waals surface area contributed by atoms with Crippen LogP contribution in [-0.2, 0) is 9.53 Å². The molecule has 436 valence electrons. The van der Waals surface area contributed by atoms with Gasteiger partial charge in [0.2, 0.25) is 0 Å². The number of esters is 1. The lowest BCUT2D eigenvalue weighted by molar-refractivity contribution is -0.503. The molecule has 0 aromatic heterocycles. The molecule has 0 radical (unpaired) electrons. The van der Waals surface area contributed by atoms with E-state index in [0.29, 0.717) is 0 Å². The van der Waals surface area contributed by atoms with Crippen LogP contribution in [0.5, 0.6) is 0 Å². The van der Waals surface area contributed by atoms with Crippen LogP contribution in [0.2, 0.25) is 0 Å². The maximum Gasteiger partial charge on any atom is 0.460 e. The summed E-state index contributed by atoms with van der Waals surface area (Å²) in [6, 6.07) is 0. The number of alkyl halides is 45. The summed E-state index contributed by atoms with van der Waals surface area (Å²) in [4.78, 5) is 11.5. The molecule has 0 aromatic rings. The molecule has 0 fully saturated rings. The standard InChI is InChI=1S/C26H5F45O2/c1-3(2)4(72)73-24(65,21(59,60)17(51,52)13(43,44)9(35,36)11(39,40)15(47,48)19(55,56)23(63,64)26(69,70)71)20(57,58)16(49,50)12(41,42)8(33,34)6(29,30)5(27,28)7(31,32)10(37,38)14(45,46)18(53,54)22(61,62)25(66,67)68/h1H2,2H3. The molecule has 0 bridgehead atoms. The third kappa shape index (κ3) is 7.89. The molecule has 0 rings (SSSR count). The fourth-order valence-corrected chi connectivity index (χ4v) is 4.26. The number of halogens is 45. The first-order valence-corrected chi connectivity index (χ1v) is 15.5. The number of carbonyl (C=O) groups excluding carboxylic acids is 1. The summed E-state index contributed by atoms with van der Waals surface area (Å²) < 4.78 is 623. The molecule has 0 heterocycles. The molecule has 0 amide bonds. The minimum atomic E-state index is -10.8. The van der Waals surface area contributed by atoms with Crippen LogP contribution in [0, 0.1) is 0 Å². The third-order valence-electron chi connectivity index (χ3n) is 8.81. The first-order chi connectivity index (χ1) is 30.6. The van der Waals surface area contributed by atoms with E-state index >= 15 is 4.39 Å². The Kier molecular flexibility index (Phi) is 15.9. The monoisotopic (exact) mass is 1200 g/mol. The van der Waals surface area contributed by atoms with Gasteiger partial charge in [-0.2, -0.15) is 198 Å². The van der Waals surface area contributed by atoms with Crippen LogP contribution in [0.25, 0.3) is 0 Å². The van der Waals surface area contributed by atoms with Crippen molar-refractivity contribution in [1.29, 1.82) is 0 Å². The Morgan fingerprint density at radius 1 is 0.233 bits per heavy atom. The Morgan fingerprint density at radius 3 is 0.452 bits per heavy atom. The van der Waals surface area contributed by atoms with Gasteiger partial charge in [0.25, 0.3) is 0 Å². The van der Waals surface area contributed by atoms with Crippen LogP contribution in [0.4, 0.5) is 198 Å². The molecule has 0 aromatic carbocycles. The van der Waals surface area contributed by atoms with Crippen LogP contribution in [0.15, 0.2) is 12.2 Å². The maximum atomic E-state index is 15.5. The zero-order valence-corrected chi connectivity index (χ0v) is 31.5. The maximum absolute atomic E-state index is 15.5. The second kappa shape index (κ2) is 16.8. The zero-order chi connectivity index (χ0) is 60.9. The fraction of sp³-hybridized carbons (Fsp3) is 0.885. The molecule has 0 saturated carbocycles. The molecular weight excluding hydrogens is 1200 g/mol. The van der Waals surface area contributed by atoms with Gasteiger partial charge in [-0.3, -0.25) is 0 Å². The van der Waals surface area contributed by atoms with E-state index < -0.39 is 149 Å². The van der Waals surface area contributed by atoms with Gasteiger partial charge >= 0.3 is 137 Å². The number of carbonyl (C=O) groups is 1. The summed E-state index contributed by atoms with van der Waals surface area (Å²) in [6.45, 7) is 1.07. The summed E-state index contributed by atoms with van der Waals surface area (Å²) in [6.07, 6.45) is -17.2. The van der Waals surface area contributed by atoms with Crippen LogP contribution < -0.4 is 0 Å². The van der Waals surface area contributed by atoms with E-state index in [0.717, 1.165) is 0 Å². The number of ether oxygens (including phenoxy) is 1. The SMILES string of the molecule is C=C(C)C(=O)OC(F)(C(F)(F)C(F)(F)C(F)(F)C(F)(F)C(F)(F)C(F)(F)C(F)(F)C(F)(F)C(F)(F)F)C(F)(F)C(F)(F)C(F)(F)C(F)(F)C(F)(F)C(F)(F)C(F)(F)C(F)(F)C(F)(F)C(F)(F)C(F)(F)C(F)(F)F. The van der Waals surface area contributed by atoms with Crippen molar-refractivity contribution in [2.75, 3.05) is 0 Å². The van der Waals surface area contributed by atoms with E-state index in [9.17, 15) is 198 Å². The van der Waals surface area contributed by atoms with Gasteiger partial charge in [-0.25, -0.2) is 4.79 Å². The molecule has 2 nitrogen and oxygen atoms in total. The average Bonchev–Trinajstić information content (AvgIpc) is 3.15. The van der Waals surface area contributed by atoms with Crippen molar-refractivity contribution in [3.05, 3.63) is 12.2 Å². The first kappa shape index (κ1) is 69.1. The second-order valence-corrected chi connectivity index (χ2v) is 13.7. The van der Waals surface area contributed by atoms with E-state index in [-0.39, 0.29) is 0 Å². The second-order valence-electron chi connectivity index (χ2n) is 13.7. The first-order valence-electron chi connectivity index (χ1n) is 15.5. The van der Waals surface area contributed by atoms with Crippen molar-refractivity contribution in [2.24, 2.45) is 0 Å². The van der Waals surface area contributed by atoms with E-state index in [4.69, 9.17) is 0 Å². The highest BCUT2D eigenvalue weighted by atomic mass is 19.5. The Labute approximate surface area is 364 Å². The molecular formula is C26H5F45O2. The molecule has 47 heteroatoms. The quantitative estimate of drug-likeness (QED) is 0.0650. The van der Waals surface area contributed by atoms with E-state index in [1.807, 2.05) is 0 Å². The van der Waals surface area contributed by atoms with E-state index in [1.54, 1.807) is 6.58 Å². The minimum absolute atomic E-state index is 0.664. The van der Waals surface area contributed by atoms with Crippen molar-refractivity contribution < 1.29 is 207 Å². The molecule has 0 aliphatic heterocycles. The molecule has 0 spiro atoms. The van der Waals surface area contributed by atoms with Gasteiger partial charge < -0.3 is 4.74 Å². The summed E-state index contributed by atoms with van der Waals surface area (Å²) in [5.74, 6) is -209. The molecule has 0 saturated heterocycles. The Hall–Kier alpha value is -3.94. The van der Waals surface area contributed by atoms with E-state index in [2.05, 4.69) is 0 Å². The van der Waals surface area contributed by atoms with Gasteiger partial charge in [0, 0.05) is 5.57 Å². The normalized spacial score (nSPS) is 17.7. The lowest BCUT2D eigenvalue weighted by Gasteiger charge is -2.49. The summed E-state index contributed by atoms with van der Waals surface area (Å²) in [7, 11) is 0. The Balaban J connectivity index is 8.68. The predicted octanol–water partition coefficient (Wildman–Crippen LogP) is 15.0. The highest BCUT2D eigenvalue weighted by molar-refractivity contribution is 5.87. The Bertz CT molecular complexity index is 2060. The molecule has 0 aliphatic rings. The molecule has 0 N–H and O–H groups in total. The summed E-state index contributed by atoms with van der Waals surface area (Å²) in [5.41, 5.74) is -2.70. The highest BCUT2D eigenvalue weighted by Gasteiger charge is 3.04. The van der Waals surface area contributed by atoms with Crippen LogP contribution in [0.1, 0.15) is 6.92 Å². The number of rotatable bonds is 21. The largest absolute Gasteiger partial charge is 0.460 e. The molecule has 1 unspecified atom stereocenters. The average molecular weight is 1200 g/mol. The fourth-order valence-electron chi connectivity index (χ4n) is 4.26. The highest BCUT2D eigenvalue weighted by Crippen LogP contribution is 2.72. The van der Waals surface area contributed by atoms with Gasteiger partial charge in [0.05, 0.1) is 0 Å². The van der Waals surface area contributed by atoms with Crippen molar-refractivity contribution in [2.45, 2.75) is 138 Å². The summed E-state index contributed by atoms with van der Waals surface area (Å²) in [5, 5.41) is 0. The molecule has 1 atom stereocenters. The van der Waals surface area contributed by atoms with Crippen LogP contribution >= 0.6 is 0 Å². The third-order valence-corrected chi connectivity index (χ3v) is 8.81. The van der Waals surface area contributed by atoms with Crippen LogP contribution in [0.3, 0.4) is 0 Å². The van der Waals surface area contributed by atoms with Crippen LogP contribution in [-0.4, -0.2) is 137 Å². The topological polar surface area (TPSA) is 26.3 Å². The molecule has 0 aliphatic carbocycles. The smallest absolute Gasteiger partial charge is 0.413 e. The minimum Gasteiger partial charge on any atom is -0.413 e. The van der Waals surface area contributed by atoms with Gasteiger partial charge in [0.1, 0.15) is 0 Å². The van der Waals surface area contributed by atoms with Gasteiger partial charge in [-0.15, -0.1) is 0 Å². The van der Waals surface area contributed by atoms with E-state index in [1.165, 1.54) is 4.74 Å². The predicted molar refractivity (Wildman–Crippen MR) is 131 cm³/mol. The molecule has 73 heavy (non-hydrogen) atoms. The lowest BCUT2D eigenvalue weighted by atomic mass is 9.81. The summed E-state index contributed by atoms with van der Waals surface area (Å²) >= 11 is 0. The van der Waals surface area contributed by atoms with Crippen molar-refractivity contribution >= 4 is 5.97 Å². The number of hydrogen-bond acceptors (Lipinski definition) is 2. The van der Waals surface area contributed by atoms with Crippen molar-refractivity contribution in [3.8, 4) is 0 Å². The van der Waals surface area contributed by atoms with Crippen molar-refractivity contribution in [3.63, 3.8) is 0 Å². The van der Waals surface area contributed by atoms with Gasteiger partial charge in [0.15, 0.2) is 0 Å².